The van der Waals surface area contributed by atoms with Crippen LogP contribution in [0, 0.1) is 0 Å². The molecular weight excluding hydrogens is 173 g/mol. The van der Waals surface area contributed by atoms with Crippen LogP contribution >= 0.6 is 0 Å². The summed E-state index contributed by atoms with van der Waals surface area (Å²) in [7, 11) is -1.98. The number of rotatable bonds is 3. The summed E-state index contributed by atoms with van der Waals surface area (Å²) in [5.41, 5.74) is -3.30. The lowest BCUT2D eigenvalue weighted by molar-refractivity contribution is -0.0121. The smallest absolute Gasteiger partial charge is 0.286 e. The van der Waals surface area contributed by atoms with Crippen LogP contribution in [0.2, 0.25) is 13.1 Å². The van der Waals surface area contributed by atoms with Gasteiger partial charge in [0, 0.05) is 7.11 Å². The third-order valence-electron chi connectivity index (χ3n) is 1.81. The van der Waals surface area contributed by atoms with Crippen molar-refractivity contribution in [1.82, 2.24) is 0 Å². The molecule has 0 rings (SSSR count). The first-order valence-electron chi connectivity index (χ1n) is 3.32. The Balaban J connectivity index is 4.53. The molecule has 0 aliphatic rings. The van der Waals surface area contributed by atoms with Gasteiger partial charge in [-0.05, 0) is 20.0 Å². The van der Waals surface area contributed by atoms with Crippen molar-refractivity contribution in [1.29, 1.82) is 0 Å². The molecule has 68 valence electrons. The number of alkyl halides is 3. The molecule has 0 bridgehead atoms. The predicted octanol–water partition coefficient (Wildman–Crippen LogP) is 2.37. The Morgan fingerprint density at radius 2 is 1.73 bits per heavy atom. The van der Waals surface area contributed by atoms with E-state index < -0.39 is 20.0 Å². The standard InChI is InChI=1S/C6H13F3OSi/c1-5(7)6(8,9)11(3,4)10-2/h5H,1-4H3. The van der Waals surface area contributed by atoms with Crippen molar-refractivity contribution in [3.63, 3.8) is 0 Å². The lowest BCUT2D eigenvalue weighted by Gasteiger charge is -2.30. The molecule has 0 saturated heterocycles. The fourth-order valence-electron chi connectivity index (χ4n) is 0.615. The zero-order valence-electron chi connectivity index (χ0n) is 7.12. The molecule has 0 amide bonds. The van der Waals surface area contributed by atoms with Gasteiger partial charge < -0.3 is 4.43 Å². The molecule has 11 heavy (non-hydrogen) atoms. The summed E-state index contributed by atoms with van der Waals surface area (Å²) in [6.07, 6.45) is -2.14. The summed E-state index contributed by atoms with van der Waals surface area (Å²) in [6.45, 7) is 3.44. The summed E-state index contributed by atoms with van der Waals surface area (Å²) in [5.74, 6) is 0. The second kappa shape index (κ2) is 3.14. The summed E-state index contributed by atoms with van der Waals surface area (Å²) >= 11 is 0. The summed E-state index contributed by atoms with van der Waals surface area (Å²) in [4.78, 5) is 0. The van der Waals surface area contributed by atoms with Crippen molar-refractivity contribution < 1.29 is 17.6 Å². The highest BCUT2D eigenvalue weighted by Crippen LogP contribution is 2.32. The maximum absolute atomic E-state index is 12.9. The highest BCUT2D eigenvalue weighted by molar-refractivity contribution is 6.73. The van der Waals surface area contributed by atoms with Crippen molar-refractivity contribution in [2.75, 3.05) is 7.11 Å². The van der Waals surface area contributed by atoms with Crippen molar-refractivity contribution in [2.45, 2.75) is 31.7 Å². The summed E-state index contributed by atoms with van der Waals surface area (Å²) in [6, 6.07) is 0. The van der Waals surface area contributed by atoms with Gasteiger partial charge in [0.1, 0.15) is 0 Å². The highest BCUT2D eigenvalue weighted by atomic mass is 28.4. The molecule has 0 aromatic rings. The van der Waals surface area contributed by atoms with Crippen LogP contribution in [0.3, 0.4) is 0 Å². The van der Waals surface area contributed by atoms with Gasteiger partial charge in [0.25, 0.3) is 13.9 Å². The van der Waals surface area contributed by atoms with Crippen molar-refractivity contribution in [3.05, 3.63) is 0 Å². The number of hydrogen-bond acceptors (Lipinski definition) is 1. The van der Waals surface area contributed by atoms with E-state index in [0.717, 1.165) is 6.92 Å². The fraction of sp³-hybridized carbons (Fsp3) is 1.00. The molecular formula is C6H13F3OSi. The Kier molecular flexibility index (Phi) is 3.13. The van der Waals surface area contributed by atoms with Crippen molar-refractivity contribution >= 4 is 8.32 Å². The van der Waals surface area contributed by atoms with Gasteiger partial charge in [-0.25, -0.2) is 13.2 Å². The largest absolute Gasteiger partial charge is 0.414 e. The predicted molar refractivity (Wildman–Crippen MR) is 40.0 cm³/mol. The molecule has 0 heterocycles. The van der Waals surface area contributed by atoms with Crippen LogP contribution in [0.15, 0.2) is 0 Å². The number of hydrogen-bond donors (Lipinski definition) is 0. The number of halogens is 3. The molecule has 1 nitrogen and oxygen atoms in total. The van der Waals surface area contributed by atoms with Gasteiger partial charge >= 0.3 is 0 Å². The third-order valence-corrected chi connectivity index (χ3v) is 4.84. The maximum atomic E-state index is 12.9. The van der Waals surface area contributed by atoms with E-state index in [1.54, 1.807) is 0 Å². The third kappa shape index (κ3) is 1.96. The van der Waals surface area contributed by atoms with E-state index in [4.69, 9.17) is 0 Å². The lowest BCUT2D eigenvalue weighted by atomic mass is 10.5. The Morgan fingerprint density at radius 1 is 1.36 bits per heavy atom. The molecule has 0 aromatic heterocycles. The molecule has 0 aliphatic heterocycles. The van der Waals surface area contributed by atoms with Gasteiger partial charge in [0.15, 0.2) is 6.17 Å². The Hall–Kier alpha value is -0.0331. The molecule has 0 spiro atoms. The Labute approximate surface area is 65.7 Å². The summed E-state index contributed by atoms with van der Waals surface area (Å²) < 4.78 is 42.8. The van der Waals surface area contributed by atoms with Crippen LogP contribution in [0.25, 0.3) is 0 Å². The van der Waals surface area contributed by atoms with E-state index in [1.807, 2.05) is 0 Å². The molecule has 0 N–H and O–H groups in total. The highest BCUT2D eigenvalue weighted by Gasteiger charge is 2.54. The average Bonchev–Trinajstić information content (AvgIpc) is 1.87. The quantitative estimate of drug-likeness (QED) is 0.615. The van der Waals surface area contributed by atoms with E-state index in [9.17, 15) is 13.2 Å². The molecule has 0 aliphatic carbocycles. The van der Waals surface area contributed by atoms with Gasteiger partial charge in [-0.3, -0.25) is 0 Å². The Morgan fingerprint density at radius 3 is 1.82 bits per heavy atom. The molecule has 1 unspecified atom stereocenters. The molecule has 1 atom stereocenters. The second-order valence-corrected chi connectivity index (χ2v) is 7.05. The van der Waals surface area contributed by atoms with Gasteiger partial charge in [0.05, 0.1) is 0 Å². The molecule has 0 saturated carbocycles. The van der Waals surface area contributed by atoms with Gasteiger partial charge in [-0.1, -0.05) is 0 Å². The first kappa shape index (κ1) is 11.0. The molecule has 0 fully saturated rings. The van der Waals surface area contributed by atoms with E-state index in [1.165, 1.54) is 20.2 Å². The van der Waals surface area contributed by atoms with E-state index in [-0.39, 0.29) is 0 Å². The van der Waals surface area contributed by atoms with Gasteiger partial charge in [0.2, 0.25) is 0 Å². The van der Waals surface area contributed by atoms with Crippen LogP contribution in [0.1, 0.15) is 6.92 Å². The molecule has 0 aromatic carbocycles. The monoisotopic (exact) mass is 186 g/mol. The minimum absolute atomic E-state index is 0.855. The van der Waals surface area contributed by atoms with Crippen LogP contribution in [0.4, 0.5) is 13.2 Å². The van der Waals surface area contributed by atoms with Crippen LogP contribution in [-0.2, 0) is 4.43 Å². The molecule has 0 radical (unpaired) electrons. The minimum atomic E-state index is -3.30. The summed E-state index contributed by atoms with van der Waals surface area (Å²) in [5, 5.41) is 0. The first-order valence-corrected chi connectivity index (χ1v) is 6.23. The van der Waals surface area contributed by atoms with Gasteiger partial charge in [-0.2, -0.15) is 0 Å². The topological polar surface area (TPSA) is 9.23 Å². The SMILES string of the molecule is CO[Si](C)(C)C(F)(F)C(C)F. The Bertz CT molecular complexity index is 136. The van der Waals surface area contributed by atoms with Crippen LogP contribution in [0.5, 0.6) is 0 Å². The average molecular weight is 186 g/mol. The molecule has 5 heteroatoms. The minimum Gasteiger partial charge on any atom is -0.414 e. The van der Waals surface area contributed by atoms with Crippen LogP contribution in [-0.4, -0.2) is 27.1 Å². The van der Waals surface area contributed by atoms with Gasteiger partial charge in [-0.15, -0.1) is 0 Å². The van der Waals surface area contributed by atoms with Crippen molar-refractivity contribution in [2.24, 2.45) is 0 Å². The maximum Gasteiger partial charge on any atom is 0.286 e. The first-order chi connectivity index (χ1) is 4.75. The second-order valence-electron chi connectivity index (χ2n) is 2.95. The van der Waals surface area contributed by atoms with Crippen molar-refractivity contribution in [3.8, 4) is 0 Å². The lowest BCUT2D eigenvalue weighted by Crippen LogP contribution is -2.54. The van der Waals surface area contributed by atoms with E-state index in [0.29, 0.717) is 0 Å². The zero-order chi connectivity index (χ0) is 9.28. The van der Waals surface area contributed by atoms with Crippen LogP contribution < -0.4 is 0 Å². The zero-order valence-corrected chi connectivity index (χ0v) is 8.12. The van der Waals surface area contributed by atoms with E-state index in [2.05, 4.69) is 4.43 Å². The fourth-order valence-corrected chi connectivity index (χ4v) is 1.85. The van der Waals surface area contributed by atoms with E-state index >= 15 is 0 Å². The normalized spacial score (nSPS) is 16.6.